The van der Waals surface area contributed by atoms with Gasteiger partial charge in [0.25, 0.3) is 0 Å². The van der Waals surface area contributed by atoms with Crippen molar-refractivity contribution in [3.05, 3.63) is 10.4 Å². The zero-order chi connectivity index (χ0) is 17.9. The molecule has 130 valence electrons. The van der Waals surface area contributed by atoms with Crippen LogP contribution in [0.5, 0.6) is 0 Å². The van der Waals surface area contributed by atoms with Crippen LogP contribution in [0, 0.1) is 0 Å². The molecule has 0 rings (SSSR count). The Balaban J connectivity index is 4.21. The molecule has 23 heavy (non-hydrogen) atoms. The summed E-state index contributed by atoms with van der Waals surface area (Å²) < 4.78 is 5.04. The first-order valence-corrected chi connectivity index (χ1v) is 7.40. The highest BCUT2D eigenvalue weighted by Gasteiger charge is 2.26. The van der Waals surface area contributed by atoms with Crippen LogP contribution in [-0.4, -0.2) is 41.1 Å². The summed E-state index contributed by atoms with van der Waals surface area (Å²) in [6.45, 7) is 5.40. The highest BCUT2D eigenvalue weighted by Crippen LogP contribution is 2.10. The Morgan fingerprint density at radius 1 is 1.26 bits per heavy atom. The first-order valence-electron chi connectivity index (χ1n) is 7.40. The topological polar surface area (TPSA) is 141 Å². The third-order valence-electron chi connectivity index (χ3n) is 2.65. The second-order valence-corrected chi connectivity index (χ2v) is 6.01. The van der Waals surface area contributed by atoms with E-state index in [1.807, 2.05) is 0 Å². The molecule has 9 nitrogen and oxygen atoms in total. The number of hydrogen-bond acceptors (Lipinski definition) is 5. The molecule has 0 aromatic heterocycles. The lowest BCUT2D eigenvalue weighted by Crippen LogP contribution is -2.43. The summed E-state index contributed by atoms with van der Waals surface area (Å²) >= 11 is 0. The number of rotatable bonds is 10. The number of carboxylic acid groups (broad SMARTS) is 1. The molecule has 0 radical (unpaired) electrons. The van der Waals surface area contributed by atoms with Crippen LogP contribution in [0.1, 0.15) is 52.9 Å². The molecule has 0 aliphatic rings. The van der Waals surface area contributed by atoms with Gasteiger partial charge in [0.2, 0.25) is 5.91 Å². The zero-order valence-corrected chi connectivity index (χ0v) is 13.7. The van der Waals surface area contributed by atoms with Crippen LogP contribution >= 0.6 is 0 Å². The highest BCUT2D eigenvalue weighted by molar-refractivity contribution is 5.87. The first kappa shape index (κ1) is 20.7. The van der Waals surface area contributed by atoms with Crippen molar-refractivity contribution in [2.24, 2.45) is 5.11 Å². The molecule has 1 atom stereocenters. The molecule has 0 aliphatic carbocycles. The van der Waals surface area contributed by atoms with Crippen LogP contribution in [0.4, 0.5) is 0 Å². The summed E-state index contributed by atoms with van der Waals surface area (Å²) in [6, 6.07) is -1.31. The lowest BCUT2D eigenvalue weighted by molar-refractivity contribution is -0.158. The number of aliphatic carboxylic acids is 1. The van der Waals surface area contributed by atoms with Crippen LogP contribution in [0.3, 0.4) is 0 Å². The van der Waals surface area contributed by atoms with Gasteiger partial charge in [0.05, 0.1) is 6.42 Å². The summed E-state index contributed by atoms with van der Waals surface area (Å²) in [5.41, 5.74) is 7.39. The molecule has 0 saturated heterocycles. The number of esters is 1. The van der Waals surface area contributed by atoms with E-state index in [1.54, 1.807) is 20.8 Å². The van der Waals surface area contributed by atoms with E-state index >= 15 is 0 Å². The number of carbonyl (C=O) groups is 3. The number of unbranched alkanes of at least 4 members (excludes halogenated alkanes) is 2. The Bertz CT molecular complexity index is 466. The maximum atomic E-state index is 11.7. The average Bonchev–Trinajstić information content (AvgIpc) is 2.39. The van der Waals surface area contributed by atoms with Gasteiger partial charge in [-0.3, -0.25) is 9.59 Å². The summed E-state index contributed by atoms with van der Waals surface area (Å²) in [6.07, 6.45) is 1.63. The number of carboxylic acids is 1. The van der Waals surface area contributed by atoms with Gasteiger partial charge in [0.15, 0.2) is 0 Å². The maximum Gasteiger partial charge on any atom is 0.326 e. The lowest BCUT2D eigenvalue weighted by atomic mass is 10.1. The standard InChI is InChI=1S/C14H24N4O5/c1-14(2,3)23-12(20)9-10(13(21)22)17-11(19)7-5-4-6-8-16-18-15/h10H,4-9H2,1-3H3,(H,17,19)(H,21,22). The molecule has 0 heterocycles. The highest BCUT2D eigenvalue weighted by atomic mass is 16.6. The van der Waals surface area contributed by atoms with E-state index in [2.05, 4.69) is 15.3 Å². The minimum absolute atomic E-state index is 0.147. The molecular weight excluding hydrogens is 304 g/mol. The van der Waals surface area contributed by atoms with Crippen molar-refractivity contribution < 1.29 is 24.2 Å². The Labute approximate surface area is 135 Å². The Hall–Kier alpha value is -2.28. The molecule has 2 N–H and O–H groups in total. The van der Waals surface area contributed by atoms with Crippen LogP contribution in [0.2, 0.25) is 0 Å². The van der Waals surface area contributed by atoms with E-state index in [1.165, 1.54) is 0 Å². The number of ether oxygens (including phenoxy) is 1. The third kappa shape index (κ3) is 12.0. The van der Waals surface area contributed by atoms with Crippen molar-refractivity contribution >= 4 is 17.8 Å². The molecule has 9 heteroatoms. The fraction of sp³-hybridized carbons (Fsp3) is 0.786. The SMILES string of the molecule is CC(C)(C)OC(=O)CC(NC(=O)CCCCCN=[N+]=[N-])C(=O)O. The Morgan fingerprint density at radius 3 is 2.43 bits per heavy atom. The number of amides is 1. The van der Waals surface area contributed by atoms with E-state index in [9.17, 15) is 14.4 Å². The largest absolute Gasteiger partial charge is 0.480 e. The van der Waals surface area contributed by atoms with Gasteiger partial charge in [-0.05, 0) is 39.1 Å². The molecule has 0 bridgehead atoms. The molecule has 1 amide bonds. The van der Waals surface area contributed by atoms with Gasteiger partial charge in [0.1, 0.15) is 11.6 Å². The quantitative estimate of drug-likeness (QED) is 0.208. The second-order valence-electron chi connectivity index (χ2n) is 6.01. The Morgan fingerprint density at radius 2 is 1.91 bits per heavy atom. The van der Waals surface area contributed by atoms with Gasteiger partial charge in [-0.25, -0.2) is 4.79 Å². The van der Waals surface area contributed by atoms with Crippen LogP contribution in [0.25, 0.3) is 10.4 Å². The van der Waals surface area contributed by atoms with Crippen molar-refractivity contribution in [2.45, 2.75) is 64.5 Å². The minimum Gasteiger partial charge on any atom is -0.480 e. The van der Waals surface area contributed by atoms with Gasteiger partial charge in [0, 0.05) is 17.9 Å². The van der Waals surface area contributed by atoms with Gasteiger partial charge >= 0.3 is 11.9 Å². The van der Waals surface area contributed by atoms with E-state index in [0.29, 0.717) is 25.8 Å². The lowest BCUT2D eigenvalue weighted by Gasteiger charge is -2.21. The molecule has 0 fully saturated rings. The van der Waals surface area contributed by atoms with E-state index in [4.69, 9.17) is 15.4 Å². The first-order chi connectivity index (χ1) is 10.7. The minimum atomic E-state index is -1.31. The number of azide groups is 1. The summed E-state index contributed by atoms with van der Waals surface area (Å²) in [4.78, 5) is 37.1. The van der Waals surface area contributed by atoms with Crippen LogP contribution in [-0.2, 0) is 19.1 Å². The van der Waals surface area contributed by atoms with E-state index < -0.39 is 35.9 Å². The average molecular weight is 328 g/mol. The van der Waals surface area contributed by atoms with E-state index in [-0.39, 0.29) is 6.42 Å². The summed E-state index contributed by atoms with van der Waals surface area (Å²) in [5, 5.41) is 14.8. The molecule has 0 aromatic rings. The molecule has 0 aromatic carbocycles. The van der Waals surface area contributed by atoms with Gasteiger partial charge < -0.3 is 15.2 Å². The molecular formula is C14H24N4O5. The van der Waals surface area contributed by atoms with Gasteiger partial charge in [-0.1, -0.05) is 11.5 Å². The third-order valence-corrected chi connectivity index (χ3v) is 2.65. The van der Waals surface area contributed by atoms with Crippen LogP contribution in [0.15, 0.2) is 5.11 Å². The maximum absolute atomic E-state index is 11.7. The van der Waals surface area contributed by atoms with Crippen LogP contribution < -0.4 is 5.32 Å². The number of nitrogens with one attached hydrogen (secondary N) is 1. The summed E-state index contributed by atoms with van der Waals surface area (Å²) in [7, 11) is 0. The Kier molecular flexibility index (Phi) is 9.41. The molecule has 0 spiro atoms. The van der Waals surface area contributed by atoms with Gasteiger partial charge in [-0.2, -0.15) is 0 Å². The van der Waals surface area contributed by atoms with Crippen molar-refractivity contribution in [1.82, 2.24) is 5.32 Å². The molecule has 0 aliphatic heterocycles. The fourth-order valence-electron chi connectivity index (χ4n) is 1.71. The number of hydrogen-bond donors (Lipinski definition) is 2. The smallest absolute Gasteiger partial charge is 0.326 e. The molecule has 1 unspecified atom stereocenters. The van der Waals surface area contributed by atoms with Crippen molar-refractivity contribution in [3.63, 3.8) is 0 Å². The number of carbonyl (C=O) groups excluding carboxylic acids is 2. The molecule has 0 saturated carbocycles. The fourth-order valence-corrected chi connectivity index (χ4v) is 1.71. The second kappa shape index (κ2) is 10.4. The van der Waals surface area contributed by atoms with Gasteiger partial charge in [-0.15, -0.1) is 0 Å². The van der Waals surface area contributed by atoms with Crippen molar-refractivity contribution in [1.29, 1.82) is 0 Å². The summed E-state index contributed by atoms with van der Waals surface area (Å²) in [5.74, 6) is -2.41. The van der Waals surface area contributed by atoms with Crippen molar-refractivity contribution in [2.75, 3.05) is 6.54 Å². The normalized spacial score (nSPS) is 12.0. The van der Waals surface area contributed by atoms with Crippen molar-refractivity contribution in [3.8, 4) is 0 Å². The predicted molar refractivity (Wildman–Crippen MR) is 82.5 cm³/mol. The predicted octanol–water partition coefficient (Wildman–Crippen LogP) is 2.16. The zero-order valence-electron chi connectivity index (χ0n) is 13.7. The number of nitrogens with zero attached hydrogens (tertiary/aromatic N) is 3. The van der Waals surface area contributed by atoms with E-state index in [0.717, 1.165) is 0 Å². The monoisotopic (exact) mass is 328 g/mol.